The Morgan fingerprint density at radius 3 is 2.44 bits per heavy atom. The van der Waals surface area contributed by atoms with Gasteiger partial charge >= 0.3 is 6.03 Å². The van der Waals surface area contributed by atoms with E-state index in [1.54, 1.807) is 0 Å². The van der Waals surface area contributed by atoms with E-state index in [1.807, 2.05) is 4.90 Å². The lowest BCUT2D eigenvalue weighted by atomic mass is 9.99. The molecule has 0 aromatic carbocycles. The van der Waals surface area contributed by atoms with E-state index in [2.05, 4.69) is 26.1 Å². The van der Waals surface area contributed by atoms with Crippen LogP contribution in [0.2, 0.25) is 0 Å². The Hall–Kier alpha value is -0.730. The van der Waals surface area contributed by atoms with Gasteiger partial charge in [-0.3, -0.25) is 0 Å². The van der Waals surface area contributed by atoms with E-state index < -0.39 is 0 Å². The van der Waals surface area contributed by atoms with E-state index in [0.29, 0.717) is 6.04 Å². The minimum Gasteiger partial charge on any atom is -0.335 e. The van der Waals surface area contributed by atoms with Gasteiger partial charge < -0.3 is 10.2 Å². The van der Waals surface area contributed by atoms with Gasteiger partial charge in [0.2, 0.25) is 0 Å². The van der Waals surface area contributed by atoms with Crippen LogP contribution in [0.1, 0.15) is 65.7 Å². The van der Waals surface area contributed by atoms with Crippen LogP contribution in [-0.2, 0) is 0 Å². The summed E-state index contributed by atoms with van der Waals surface area (Å²) in [7, 11) is 0. The van der Waals surface area contributed by atoms with Crippen LogP contribution in [0.5, 0.6) is 0 Å². The predicted octanol–water partition coefficient (Wildman–Crippen LogP) is 3.79. The number of urea groups is 1. The molecule has 1 N–H and O–H groups in total. The summed E-state index contributed by atoms with van der Waals surface area (Å²) < 4.78 is 0. The second kappa shape index (κ2) is 8.39. The fraction of sp³-hybridized carbons (Fsp3) is 0.933. The van der Waals surface area contributed by atoms with Crippen LogP contribution in [0.15, 0.2) is 0 Å². The minimum absolute atomic E-state index is 0.163. The molecule has 0 bridgehead atoms. The molecule has 0 saturated carbocycles. The number of nitrogens with one attached hydrogen (secondary N) is 1. The first kappa shape index (κ1) is 15.3. The maximum atomic E-state index is 12.2. The number of unbranched alkanes of at least 4 members (excludes halogenated alkanes) is 1. The van der Waals surface area contributed by atoms with Crippen LogP contribution >= 0.6 is 0 Å². The summed E-state index contributed by atoms with van der Waals surface area (Å²) in [5, 5.41) is 3.22. The van der Waals surface area contributed by atoms with Crippen LogP contribution in [0.25, 0.3) is 0 Å². The van der Waals surface area contributed by atoms with Crippen molar-refractivity contribution >= 4 is 6.03 Å². The summed E-state index contributed by atoms with van der Waals surface area (Å²) in [6.07, 6.45) is 8.10. The molecule has 1 unspecified atom stereocenters. The van der Waals surface area contributed by atoms with Crippen LogP contribution in [-0.4, -0.2) is 30.1 Å². The number of likely N-dealkylation sites (tertiary alicyclic amines) is 1. The van der Waals surface area contributed by atoms with E-state index in [1.165, 1.54) is 12.8 Å². The van der Waals surface area contributed by atoms with Gasteiger partial charge in [-0.2, -0.15) is 0 Å². The molecule has 106 valence electrons. The highest BCUT2D eigenvalue weighted by molar-refractivity contribution is 5.74. The highest BCUT2D eigenvalue weighted by Gasteiger charge is 2.21. The van der Waals surface area contributed by atoms with Crippen molar-refractivity contribution < 1.29 is 4.79 Å². The number of carbonyl (C=O) groups excluding carboxylic acids is 1. The van der Waals surface area contributed by atoms with Gasteiger partial charge in [0.25, 0.3) is 0 Å². The van der Waals surface area contributed by atoms with Crippen LogP contribution in [0.3, 0.4) is 0 Å². The van der Waals surface area contributed by atoms with Crippen LogP contribution in [0, 0.1) is 5.92 Å². The van der Waals surface area contributed by atoms with Gasteiger partial charge in [0, 0.05) is 19.1 Å². The van der Waals surface area contributed by atoms with Gasteiger partial charge in [0.15, 0.2) is 0 Å². The lowest BCUT2D eigenvalue weighted by Gasteiger charge is -2.32. The lowest BCUT2D eigenvalue weighted by molar-refractivity contribution is 0.169. The largest absolute Gasteiger partial charge is 0.335 e. The molecule has 0 aliphatic carbocycles. The number of hydrogen-bond donors (Lipinski definition) is 1. The van der Waals surface area contributed by atoms with E-state index in [4.69, 9.17) is 0 Å². The molecular formula is C15H30N2O. The summed E-state index contributed by atoms with van der Waals surface area (Å²) in [4.78, 5) is 14.2. The molecule has 1 aliphatic rings. The van der Waals surface area contributed by atoms with Gasteiger partial charge in [0.1, 0.15) is 0 Å². The standard InChI is InChI=1S/C15H30N2O/c1-4-6-8-14(7-5-2)16-15(18)17-11-9-13(3)10-12-17/h13-14H,4-12H2,1-3H3,(H,16,18). The first-order valence-corrected chi connectivity index (χ1v) is 7.72. The lowest BCUT2D eigenvalue weighted by Crippen LogP contribution is -2.47. The Balaban J connectivity index is 2.35. The Kier molecular flexibility index (Phi) is 7.14. The van der Waals surface area contributed by atoms with Crippen molar-refractivity contribution in [3.8, 4) is 0 Å². The summed E-state index contributed by atoms with van der Waals surface area (Å²) in [6.45, 7) is 8.53. The Bertz CT molecular complexity index is 235. The summed E-state index contributed by atoms with van der Waals surface area (Å²) in [6, 6.07) is 0.540. The van der Waals surface area contributed by atoms with Gasteiger partial charge in [0.05, 0.1) is 0 Å². The molecule has 1 fully saturated rings. The van der Waals surface area contributed by atoms with Crippen molar-refractivity contribution in [3.05, 3.63) is 0 Å². The Morgan fingerprint density at radius 1 is 1.22 bits per heavy atom. The first-order chi connectivity index (χ1) is 8.67. The van der Waals surface area contributed by atoms with Crippen molar-refractivity contribution in [2.24, 2.45) is 5.92 Å². The highest BCUT2D eigenvalue weighted by Crippen LogP contribution is 2.16. The number of piperidine rings is 1. The third kappa shape index (κ3) is 5.28. The maximum Gasteiger partial charge on any atom is 0.317 e. The molecule has 3 heteroatoms. The average molecular weight is 254 g/mol. The molecule has 3 nitrogen and oxygen atoms in total. The summed E-state index contributed by atoms with van der Waals surface area (Å²) >= 11 is 0. The Morgan fingerprint density at radius 2 is 1.89 bits per heavy atom. The highest BCUT2D eigenvalue weighted by atomic mass is 16.2. The zero-order valence-electron chi connectivity index (χ0n) is 12.4. The quantitative estimate of drug-likeness (QED) is 0.768. The van der Waals surface area contributed by atoms with Crippen molar-refractivity contribution in [2.45, 2.75) is 71.8 Å². The van der Waals surface area contributed by atoms with Gasteiger partial charge in [-0.05, 0) is 31.6 Å². The second-order valence-corrected chi connectivity index (χ2v) is 5.75. The molecule has 2 amide bonds. The fourth-order valence-electron chi connectivity index (χ4n) is 2.57. The molecular weight excluding hydrogens is 224 g/mol. The normalized spacial score (nSPS) is 18.7. The SMILES string of the molecule is CCCCC(CCC)NC(=O)N1CCC(C)CC1. The molecule has 1 rings (SSSR count). The van der Waals surface area contributed by atoms with Crippen LogP contribution < -0.4 is 5.32 Å². The number of nitrogens with zero attached hydrogens (tertiary/aromatic N) is 1. The monoisotopic (exact) mass is 254 g/mol. The number of hydrogen-bond acceptors (Lipinski definition) is 1. The zero-order chi connectivity index (χ0) is 13.4. The third-order valence-electron chi connectivity index (χ3n) is 3.94. The summed E-state index contributed by atoms with van der Waals surface area (Å²) in [5.74, 6) is 0.778. The molecule has 0 aromatic heterocycles. The van der Waals surface area contributed by atoms with Gasteiger partial charge in [-0.15, -0.1) is 0 Å². The number of carbonyl (C=O) groups is 1. The molecule has 1 atom stereocenters. The van der Waals surface area contributed by atoms with Crippen molar-refractivity contribution in [1.29, 1.82) is 0 Å². The van der Waals surface area contributed by atoms with E-state index in [9.17, 15) is 4.79 Å². The van der Waals surface area contributed by atoms with Crippen molar-refractivity contribution in [1.82, 2.24) is 10.2 Å². The first-order valence-electron chi connectivity index (χ1n) is 7.72. The fourth-order valence-corrected chi connectivity index (χ4v) is 2.57. The third-order valence-corrected chi connectivity index (χ3v) is 3.94. The maximum absolute atomic E-state index is 12.2. The molecule has 18 heavy (non-hydrogen) atoms. The molecule has 1 saturated heterocycles. The van der Waals surface area contributed by atoms with Gasteiger partial charge in [-0.25, -0.2) is 4.79 Å². The zero-order valence-corrected chi connectivity index (χ0v) is 12.4. The predicted molar refractivity (Wildman–Crippen MR) is 76.7 cm³/mol. The van der Waals surface area contributed by atoms with Crippen LogP contribution in [0.4, 0.5) is 4.79 Å². The molecule has 1 aliphatic heterocycles. The van der Waals surface area contributed by atoms with E-state index in [0.717, 1.165) is 51.1 Å². The number of rotatable bonds is 6. The van der Waals surface area contributed by atoms with Crippen molar-refractivity contribution in [3.63, 3.8) is 0 Å². The van der Waals surface area contributed by atoms with E-state index in [-0.39, 0.29) is 6.03 Å². The molecule has 0 spiro atoms. The smallest absolute Gasteiger partial charge is 0.317 e. The van der Waals surface area contributed by atoms with Gasteiger partial charge in [-0.1, -0.05) is 40.0 Å². The minimum atomic E-state index is 0.163. The Labute approximate surface area is 112 Å². The van der Waals surface area contributed by atoms with E-state index >= 15 is 0 Å². The topological polar surface area (TPSA) is 32.3 Å². The molecule has 0 aromatic rings. The van der Waals surface area contributed by atoms with Crippen molar-refractivity contribution in [2.75, 3.05) is 13.1 Å². The average Bonchev–Trinajstić information content (AvgIpc) is 2.37. The second-order valence-electron chi connectivity index (χ2n) is 5.75. The molecule has 0 radical (unpaired) electrons. The molecule has 1 heterocycles. The summed E-state index contributed by atoms with van der Waals surface area (Å²) in [5.41, 5.74) is 0. The number of amides is 2.